The van der Waals surface area contributed by atoms with Gasteiger partial charge in [0, 0.05) is 6.04 Å². The molecule has 1 aromatic carbocycles. The van der Waals surface area contributed by atoms with E-state index in [4.69, 9.17) is 12.2 Å². The molecule has 2 rings (SSSR count). The highest BCUT2D eigenvalue weighted by Gasteiger charge is 2.21. The first-order valence-electron chi connectivity index (χ1n) is 5.13. The molecule has 1 aliphatic carbocycles. The molecule has 0 radical (unpaired) electrons. The maximum absolute atomic E-state index is 5.12. The van der Waals surface area contributed by atoms with Gasteiger partial charge < -0.3 is 5.32 Å². The minimum absolute atomic E-state index is 0.587. The van der Waals surface area contributed by atoms with E-state index in [9.17, 15) is 0 Å². The average molecular weight is 221 g/mol. The normalized spacial score (nSPS) is 14.5. The lowest BCUT2D eigenvalue weighted by atomic mass is 10.2. The summed E-state index contributed by atoms with van der Waals surface area (Å²) in [6.07, 6.45) is 2.46. The van der Waals surface area contributed by atoms with Crippen LogP contribution in [0, 0.1) is 6.92 Å². The Morgan fingerprint density at radius 1 is 1.40 bits per heavy atom. The van der Waals surface area contributed by atoms with Crippen LogP contribution in [0.1, 0.15) is 18.4 Å². The van der Waals surface area contributed by atoms with Crippen LogP contribution in [0.15, 0.2) is 24.3 Å². The highest BCUT2D eigenvalue weighted by Crippen LogP contribution is 2.18. The van der Waals surface area contributed by atoms with E-state index in [0.717, 1.165) is 5.69 Å². The molecule has 0 unspecified atom stereocenters. The van der Waals surface area contributed by atoms with E-state index in [1.165, 1.54) is 18.4 Å². The number of nitrogens with one attached hydrogen (secondary N) is 3. The molecule has 1 saturated carbocycles. The second-order valence-corrected chi connectivity index (χ2v) is 4.28. The molecule has 1 aromatic rings. The summed E-state index contributed by atoms with van der Waals surface area (Å²) in [5.74, 6) is 0. The van der Waals surface area contributed by atoms with Gasteiger partial charge >= 0.3 is 0 Å². The molecular weight excluding hydrogens is 206 g/mol. The van der Waals surface area contributed by atoms with E-state index < -0.39 is 0 Å². The molecule has 0 aromatic heterocycles. The highest BCUT2D eigenvalue weighted by molar-refractivity contribution is 7.80. The van der Waals surface area contributed by atoms with Gasteiger partial charge in [-0.05, 0) is 49.7 Å². The van der Waals surface area contributed by atoms with Crippen molar-refractivity contribution in [2.45, 2.75) is 25.8 Å². The lowest BCUT2D eigenvalue weighted by Gasteiger charge is -2.12. The minimum atomic E-state index is 0.587. The molecule has 0 bridgehead atoms. The summed E-state index contributed by atoms with van der Waals surface area (Å²) >= 11 is 5.12. The van der Waals surface area contributed by atoms with Crippen LogP contribution in [-0.4, -0.2) is 11.2 Å². The van der Waals surface area contributed by atoms with Gasteiger partial charge in [0.1, 0.15) is 0 Å². The SMILES string of the molecule is Cc1cccc(NNC(=S)NC2CC2)c1. The molecule has 4 heteroatoms. The van der Waals surface area contributed by atoms with Crippen molar-refractivity contribution in [3.05, 3.63) is 29.8 Å². The molecule has 0 atom stereocenters. The second kappa shape index (κ2) is 4.49. The number of aryl methyl sites for hydroxylation is 1. The van der Waals surface area contributed by atoms with Crippen molar-refractivity contribution in [2.24, 2.45) is 0 Å². The van der Waals surface area contributed by atoms with Crippen molar-refractivity contribution in [3.63, 3.8) is 0 Å². The largest absolute Gasteiger partial charge is 0.359 e. The van der Waals surface area contributed by atoms with Gasteiger partial charge in [0.15, 0.2) is 5.11 Å². The van der Waals surface area contributed by atoms with Crippen molar-refractivity contribution in [3.8, 4) is 0 Å². The number of anilines is 1. The quantitative estimate of drug-likeness (QED) is 0.538. The maximum Gasteiger partial charge on any atom is 0.185 e. The molecule has 3 N–H and O–H groups in total. The van der Waals surface area contributed by atoms with Gasteiger partial charge in [-0.3, -0.25) is 10.9 Å². The molecule has 0 saturated heterocycles. The van der Waals surface area contributed by atoms with E-state index in [1.54, 1.807) is 0 Å². The Morgan fingerprint density at radius 2 is 2.20 bits per heavy atom. The molecule has 0 heterocycles. The lowest BCUT2D eigenvalue weighted by molar-refractivity contribution is 0.880. The maximum atomic E-state index is 5.12. The Labute approximate surface area is 95.2 Å². The summed E-state index contributed by atoms with van der Waals surface area (Å²) in [6, 6.07) is 8.72. The van der Waals surface area contributed by atoms with Gasteiger partial charge in [0.05, 0.1) is 5.69 Å². The zero-order valence-corrected chi connectivity index (χ0v) is 9.53. The summed E-state index contributed by atoms with van der Waals surface area (Å²) in [4.78, 5) is 0. The molecule has 15 heavy (non-hydrogen) atoms. The summed E-state index contributed by atoms with van der Waals surface area (Å²) in [7, 11) is 0. The molecular formula is C11H15N3S. The summed E-state index contributed by atoms with van der Waals surface area (Å²) in [5.41, 5.74) is 8.28. The van der Waals surface area contributed by atoms with Crippen LogP contribution >= 0.6 is 12.2 Å². The molecule has 80 valence electrons. The average Bonchev–Trinajstić information content (AvgIpc) is 2.99. The van der Waals surface area contributed by atoms with Crippen molar-refractivity contribution in [1.29, 1.82) is 0 Å². The van der Waals surface area contributed by atoms with Crippen LogP contribution in [0.25, 0.3) is 0 Å². The Balaban J connectivity index is 1.78. The van der Waals surface area contributed by atoms with Gasteiger partial charge in [-0.2, -0.15) is 0 Å². The van der Waals surface area contributed by atoms with Crippen molar-refractivity contribution < 1.29 is 0 Å². The van der Waals surface area contributed by atoms with Gasteiger partial charge in [0.2, 0.25) is 0 Å². The number of thiocarbonyl (C=S) groups is 1. The first kappa shape index (κ1) is 10.2. The van der Waals surface area contributed by atoms with E-state index in [0.29, 0.717) is 11.2 Å². The fraction of sp³-hybridized carbons (Fsp3) is 0.364. The zero-order valence-electron chi connectivity index (χ0n) is 8.71. The van der Waals surface area contributed by atoms with Crippen LogP contribution in [-0.2, 0) is 0 Å². The molecule has 1 aliphatic rings. The van der Waals surface area contributed by atoms with Crippen LogP contribution in [0.4, 0.5) is 5.69 Å². The van der Waals surface area contributed by atoms with E-state index in [-0.39, 0.29) is 0 Å². The van der Waals surface area contributed by atoms with Gasteiger partial charge in [0.25, 0.3) is 0 Å². The number of benzene rings is 1. The van der Waals surface area contributed by atoms with Gasteiger partial charge in [-0.1, -0.05) is 12.1 Å². The monoisotopic (exact) mass is 221 g/mol. The Kier molecular flexibility index (Phi) is 3.06. The predicted molar refractivity (Wildman–Crippen MR) is 66.7 cm³/mol. The molecule has 0 spiro atoms. The highest BCUT2D eigenvalue weighted by atomic mass is 32.1. The number of rotatable bonds is 3. The second-order valence-electron chi connectivity index (χ2n) is 3.87. The van der Waals surface area contributed by atoms with Crippen LogP contribution in [0.2, 0.25) is 0 Å². The van der Waals surface area contributed by atoms with Crippen molar-refractivity contribution >= 4 is 23.0 Å². The van der Waals surface area contributed by atoms with Crippen molar-refractivity contribution in [2.75, 3.05) is 5.43 Å². The van der Waals surface area contributed by atoms with E-state index >= 15 is 0 Å². The first-order chi connectivity index (χ1) is 7.24. The van der Waals surface area contributed by atoms with E-state index in [1.807, 2.05) is 12.1 Å². The summed E-state index contributed by atoms with van der Waals surface area (Å²) < 4.78 is 0. The summed E-state index contributed by atoms with van der Waals surface area (Å²) in [5, 5.41) is 3.86. The summed E-state index contributed by atoms with van der Waals surface area (Å²) in [6.45, 7) is 2.06. The molecule has 1 fully saturated rings. The minimum Gasteiger partial charge on any atom is -0.359 e. The van der Waals surface area contributed by atoms with Crippen LogP contribution in [0.3, 0.4) is 0 Å². The fourth-order valence-electron chi connectivity index (χ4n) is 1.30. The predicted octanol–water partition coefficient (Wildman–Crippen LogP) is 1.95. The lowest BCUT2D eigenvalue weighted by Crippen LogP contribution is -2.39. The Morgan fingerprint density at radius 3 is 2.87 bits per heavy atom. The topological polar surface area (TPSA) is 36.1 Å². The van der Waals surface area contributed by atoms with Crippen LogP contribution in [0.5, 0.6) is 0 Å². The van der Waals surface area contributed by atoms with Crippen LogP contribution < -0.4 is 16.2 Å². The Bertz CT molecular complexity index is 361. The zero-order chi connectivity index (χ0) is 10.7. The third kappa shape index (κ3) is 3.40. The Hall–Kier alpha value is -1.29. The molecule has 0 amide bonds. The van der Waals surface area contributed by atoms with Crippen molar-refractivity contribution in [1.82, 2.24) is 10.7 Å². The number of hydrogen-bond donors (Lipinski definition) is 3. The smallest absolute Gasteiger partial charge is 0.185 e. The van der Waals surface area contributed by atoms with Gasteiger partial charge in [-0.15, -0.1) is 0 Å². The van der Waals surface area contributed by atoms with Gasteiger partial charge in [-0.25, -0.2) is 0 Å². The number of hydrogen-bond acceptors (Lipinski definition) is 2. The standard InChI is InChI=1S/C11H15N3S/c1-8-3-2-4-10(7-8)13-14-11(15)12-9-5-6-9/h2-4,7,9,13H,5-6H2,1H3,(H2,12,14,15). The van der Waals surface area contributed by atoms with E-state index in [2.05, 4.69) is 35.2 Å². The molecule has 0 aliphatic heterocycles. The third-order valence-corrected chi connectivity index (χ3v) is 2.47. The third-order valence-electron chi connectivity index (χ3n) is 2.25. The fourth-order valence-corrected chi connectivity index (χ4v) is 1.52. The molecule has 3 nitrogen and oxygen atoms in total. The first-order valence-corrected chi connectivity index (χ1v) is 5.54. The number of hydrazine groups is 1.